The first-order chi connectivity index (χ1) is 13.3. The first kappa shape index (κ1) is 19.9. The summed E-state index contributed by atoms with van der Waals surface area (Å²) < 4.78 is 23.0. The van der Waals surface area contributed by atoms with Gasteiger partial charge >= 0.3 is 0 Å². The van der Waals surface area contributed by atoms with Crippen LogP contribution in [0.1, 0.15) is 36.2 Å². The van der Waals surface area contributed by atoms with Gasteiger partial charge in [0.25, 0.3) is 5.91 Å². The number of carbonyl (C=O) groups is 2. The SMILES string of the molecule is N#CCNC(=O)C1CCCCC1NC(=O)c1cc2cc(S(N)(=O)=O)ccc2[nH]1. The van der Waals surface area contributed by atoms with Gasteiger partial charge < -0.3 is 15.6 Å². The van der Waals surface area contributed by atoms with Crippen LogP contribution in [0.4, 0.5) is 0 Å². The minimum Gasteiger partial charge on any atom is -0.351 e. The molecule has 0 aliphatic heterocycles. The summed E-state index contributed by atoms with van der Waals surface area (Å²) in [5.41, 5.74) is 0.868. The summed E-state index contributed by atoms with van der Waals surface area (Å²) in [5.74, 6) is -0.997. The molecule has 1 aliphatic rings. The summed E-state index contributed by atoms with van der Waals surface area (Å²) in [5, 5.41) is 19.8. The maximum Gasteiger partial charge on any atom is 0.267 e. The first-order valence-corrected chi connectivity index (χ1v) is 10.5. The van der Waals surface area contributed by atoms with Crippen molar-refractivity contribution in [3.63, 3.8) is 0 Å². The van der Waals surface area contributed by atoms with E-state index in [1.807, 2.05) is 6.07 Å². The van der Waals surface area contributed by atoms with Crippen molar-refractivity contribution in [1.29, 1.82) is 5.26 Å². The molecule has 0 spiro atoms. The molecular weight excluding hydrogens is 382 g/mol. The number of benzene rings is 1. The molecule has 1 aliphatic carbocycles. The fraction of sp³-hybridized carbons (Fsp3) is 0.389. The number of fused-ring (bicyclic) bond motifs is 1. The number of hydrogen-bond donors (Lipinski definition) is 4. The summed E-state index contributed by atoms with van der Waals surface area (Å²) in [7, 11) is -3.83. The Morgan fingerprint density at radius 3 is 2.71 bits per heavy atom. The topological polar surface area (TPSA) is 158 Å². The number of nitrogens with one attached hydrogen (secondary N) is 3. The zero-order chi connectivity index (χ0) is 20.3. The largest absolute Gasteiger partial charge is 0.351 e. The Balaban J connectivity index is 1.77. The lowest BCUT2D eigenvalue weighted by Gasteiger charge is -2.30. The van der Waals surface area contributed by atoms with Crippen LogP contribution in [0.3, 0.4) is 0 Å². The van der Waals surface area contributed by atoms with E-state index in [0.29, 0.717) is 23.7 Å². The van der Waals surface area contributed by atoms with Gasteiger partial charge in [0.05, 0.1) is 16.9 Å². The van der Waals surface area contributed by atoms with Crippen LogP contribution in [0.15, 0.2) is 29.2 Å². The number of nitriles is 1. The molecule has 2 unspecified atom stereocenters. The number of rotatable bonds is 5. The molecular formula is C18H21N5O4S. The standard InChI is InChI=1S/C18H21N5O4S/c19-7-8-21-17(24)13-3-1-2-4-15(13)23-18(25)16-10-11-9-12(28(20,26)27)5-6-14(11)22-16/h5-6,9-10,13,15,22H,1-4,8H2,(H,21,24)(H,23,25)(H2,20,26,27). The predicted molar refractivity (Wildman–Crippen MR) is 102 cm³/mol. The van der Waals surface area contributed by atoms with E-state index in [-0.39, 0.29) is 40.9 Å². The van der Waals surface area contributed by atoms with Crippen molar-refractivity contribution >= 4 is 32.7 Å². The number of amides is 2. The predicted octanol–water partition coefficient (Wildman–Crippen LogP) is 0.744. The molecule has 0 saturated heterocycles. The molecule has 1 fully saturated rings. The fourth-order valence-electron chi connectivity index (χ4n) is 3.53. The number of nitrogens with zero attached hydrogens (tertiary/aromatic N) is 1. The smallest absolute Gasteiger partial charge is 0.267 e. The van der Waals surface area contributed by atoms with Crippen LogP contribution in [-0.4, -0.2) is 37.8 Å². The molecule has 0 radical (unpaired) electrons. The second kappa shape index (κ2) is 8.00. The van der Waals surface area contributed by atoms with Crippen LogP contribution in [0.5, 0.6) is 0 Å². The van der Waals surface area contributed by atoms with Gasteiger partial charge in [-0.05, 0) is 37.1 Å². The lowest BCUT2D eigenvalue weighted by Crippen LogP contribution is -2.48. The van der Waals surface area contributed by atoms with Crippen molar-refractivity contribution in [3.05, 3.63) is 30.0 Å². The third-order valence-electron chi connectivity index (χ3n) is 4.93. The van der Waals surface area contributed by atoms with E-state index in [2.05, 4.69) is 15.6 Å². The van der Waals surface area contributed by atoms with Crippen molar-refractivity contribution in [2.75, 3.05) is 6.54 Å². The Morgan fingerprint density at radius 1 is 1.25 bits per heavy atom. The Bertz CT molecular complexity index is 1050. The van der Waals surface area contributed by atoms with Crippen LogP contribution >= 0.6 is 0 Å². The van der Waals surface area contributed by atoms with Crippen LogP contribution in [0.2, 0.25) is 0 Å². The average Bonchev–Trinajstić information content (AvgIpc) is 3.09. The molecule has 28 heavy (non-hydrogen) atoms. The Kier molecular flexibility index (Phi) is 5.67. The average molecular weight is 403 g/mol. The zero-order valence-electron chi connectivity index (χ0n) is 15.1. The van der Waals surface area contributed by atoms with E-state index in [1.54, 1.807) is 12.1 Å². The highest BCUT2D eigenvalue weighted by Gasteiger charge is 2.32. The highest BCUT2D eigenvalue weighted by atomic mass is 32.2. The van der Waals surface area contributed by atoms with E-state index >= 15 is 0 Å². The van der Waals surface area contributed by atoms with Crippen molar-refractivity contribution in [1.82, 2.24) is 15.6 Å². The fourth-order valence-corrected chi connectivity index (χ4v) is 4.08. The van der Waals surface area contributed by atoms with Gasteiger partial charge in [0.2, 0.25) is 15.9 Å². The number of aromatic nitrogens is 1. The van der Waals surface area contributed by atoms with E-state index in [4.69, 9.17) is 10.4 Å². The van der Waals surface area contributed by atoms with Gasteiger partial charge in [-0.15, -0.1) is 0 Å². The summed E-state index contributed by atoms with van der Waals surface area (Å²) in [6.45, 7) is -0.0651. The van der Waals surface area contributed by atoms with Crippen LogP contribution in [-0.2, 0) is 14.8 Å². The third kappa shape index (κ3) is 4.32. The third-order valence-corrected chi connectivity index (χ3v) is 5.84. The number of aromatic amines is 1. The molecule has 3 rings (SSSR count). The van der Waals surface area contributed by atoms with Crippen LogP contribution in [0, 0.1) is 17.2 Å². The molecule has 1 saturated carbocycles. The van der Waals surface area contributed by atoms with Crippen molar-refractivity contribution in [2.24, 2.45) is 11.1 Å². The second-order valence-corrected chi connectivity index (χ2v) is 8.39. The molecule has 2 aromatic rings. The highest BCUT2D eigenvalue weighted by Crippen LogP contribution is 2.25. The van der Waals surface area contributed by atoms with Gasteiger partial charge in [0.1, 0.15) is 12.2 Å². The summed E-state index contributed by atoms with van der Waals surface area (Å²) in [6, 6.07) is 7.41. The van der Waals surface area contributed by atoms with Gasteiger partial charge in [-0.3, -0.25) is 9.59 Å². The monoisotopic (exact) mass is 403 g/mol. The summed E-state index contributed by atoms with van der Waals surface area (Å²) in [4.78, 5) is 27.9. The molecule has 2 amide bonds. The molecule has 1 aromatic carbocycles. The minimum atomic E-state index is -3.83. The lowest BCUT2D eigenvalue weighted by molar-refractivity contribution is -0.126. The van der Waals surface area contributed by atoms with Crippen molar-refractivity contribution in [2.45, 2.75) is 36.6 Å². The molecule has 0 bridgehead atoms. The van der Waals surface area contributed by atoms with E-state index in [9.17, 15) is 18.0 Å². The lowest BCUT2D eigenvalue weighted by atomic mass is 9.83. The minimum absolute atomic E-state index is 0.0348. The maximum atomic E-state index is 12.7. The van der Waals surface area contributed by atoms with E-state index in [0.717, 1.165) is 12.8 Å². The van der Waals surface area contributed by atoms with Gasteiger partial charge in [-0.2, -0.15) is 5.26 Å². The van der Waals surface area contributed by atoms with Gasteiger partial charge in [-0.25, -0.2) is 13.6 Å². The number of hydrogen-bond acceptors (Lipinski definition) is 5. The Hall–Kier alpha value is -2.90. The van der Waals surface area contributed by atoms with Crippen molar-refractivity contribution < 1.29 is 18.0 Å². The van der Waals surface area contributed by atoms with Gasteiger partial charge in [-0.1, -0.05) is 12.8 Å². The Morgan fingerprint density at radius 2 is 2.00 bits per heavy atom. The van der Waals surface area contributed by atoms with E-state index < -0.39 is 10.0 Å². The molecule has 10 heteroatoms. The Labute approximate surface area is 162 Å². The highest BCUT2D eigenvalue weighted by molar-refractivity contribution is 7.89. The van der Waals surface area contributed by atoms with Crippen LogP contribution < -0.4 is 15.8 Å². The maximum absolute atomic E-state index is 12.7. The molecule has 1 aromatic heterocycles. The summed E-state index contributed by atoms with van der Waals surface area (Å²) in [6.07, 6.45) is 3.11. The normalized spacial score (nSPS) is 19.7. The van der Waals surface area contributed by atoms with E-state index in [1.165, 1.54) is 12.1 Å². The number of sulfonamides is 1. The molecule has 9 nitrogen and oxygen atoms in total. The number of primary sulfonamides is 1. The quantitative estimate of drug-likeness (QED) is 0.541. The second-order valence-electron chi connectivity index (χ2n) is 6.82. The molecule has 1 heterocycles. The summed E-state index contributed by atoms with van der Waals surface area (Å²) >= 11 is 0. The van der Waals surface area contributed by atoms with Gasteiger partial charge in [0, 0.05) is 16.9 Å². The number of carbonyl (C=O) groups excluding carboxylic acids is 2. The first-order valence-electron chi connectivity index (χ1n) is 8.90. The van der Waals surface area contributed by atoms with Crippen LogP contribution in [0.25, 0.3) is 10.9 Å². The van der Waals surface area contributed by atoms with Gasteiger partial charge in [0.15, 0.2) is 0 Å². The zero-order valence-corrected chi connectivity index (χ0v) is 15.9. The number of H-pyrrole nitrogens is 1. The molecule has 5 N–H and O–H groups in total. The molecule has 148 valence electrons. The molecule has 2 atom stereocenters. The number of nitrogens with two attached hydrogens (primary N) is 1. The van der Waals surface area contributed by atoms with Crippen molar-refractivity contribution in [3.8, 4) is 6.07 Å².